The molecule has 1 amide bonds. The van der Waals surface area contributed by atoms with Crippen molar-refractivity contribution in [3.63, 3.8) is 0 Å². The summed E-state index contributed by atoms with van der Waals surface area (Å²) in [6.45, 7) is 5.87. The molecule has 1 aliphatic rings. The summed E-state index contributed by atoms with van der Waals surface area (Å²) in [6.07, 6.45) is 1.99. The summed E-state index contributed by atoms with van der Waals surface area (Å²) in [5.74, 6) is 0.109. The molecule has 1 aliphatic heterocycles. The van der Waals surface area contributed by atoms with Crippen LogP contribution in [0.3, 0.4) is 0 Å². The van der Waals surface area contributed by atoms with Crippen molar-refractivity contribution in [2.24, 2.45) is 0 Å². The third-order valence-electron chi connectivity index (χ3n) is 5.01. The second-order valence-corrected chi connectivity index (χ2v) is 6.77. The number of likely N-dealkylation sites (tertiary alicyclic amines) is 1. The minimum Gasteiger partial charge on any atom is -0.351 e. The van der Waals surface area contributed by atoms with Crippen LogP contribution in [-0.4, -0.2) is 40.1 Å². The zero-order valence-electron chi connectivity index (χ0n) is 14.8. The maximum absolute atomic E-state index is 13.6. The molecule has 0 saturated carbocycles. The quantitative estimate of drug-likeness (QED) is 0.877. The van der Waals surface area contributed by atoms with Crippen LogP contribution in [0.25, 0.3) is 0 Å². The lowest BCUT2D eigenvalue weighted by Gasteiger charge is -2.34. The zero-order valence-corrected chi connectivity index (χ0v) is 14.8. The number of piperidine rings is 1. The molecule has 2 N–H and O–H groups in total. The molecule has 3 rings (SSSR count). The monoisotopic (exact) mass is 344 g/mol. The minimum absolute atomic E-state index is 0.0580. The summed E-state index contributed by atoms with van der Waals surface area (Å²) >= 11 is 0. The van der Waals surface area contributed by atoms with Crippen LogP contribution < -0.4 is 5.32 Å². The number of aromatic amines is 1. The van der Waals surface area contributed by atoms with E-state index in [1.165, 1.54) is 6.07 Å². The van der Waals surface area contributed by atoms with Crippen molar-refractivity contribution in [1.82, 2.24) is 20.4 Å². The second-order valence-electron chi connectivity index (χ2n) is 6.77. The molecule has 0 radical (unpaired) electrons. The molecule has 25 heavy (non-hydrogen) atoms. The van der Waals surface area contributed by atoms with Gasteiger partial charge in [-0.25, -0.2) is 4.39 Å². The SMILES string of the molecule is Cc1cc(C2CCN(C(C)C(=O)NCc3ccccc3F)CC2)n[nH]1. The number of nitrogens with one attached hydrogen (secondary N) is 2. The lowest BCUT2D eigenvalue weighted by atomic mass is 9.92. The first kappa shape index (κ1) is 17.6. The Hall–Kier alpha value is -2.21. The van der Waals surface area contributed by atoms with Gasteiger partial charge in [-0.15, -0.1) is 0 Å². The van der Waals surface area contributed by atoms with Crippen LogP contribution in [0.15, 0.2) is 30.3 Å². The van der Waals surface area contributed by atoms with Crippen LogP contribution in [0, 0.1) is 12.7 Å². The predicted molar refractivity (Wildman–Crippen MR) is 94.6 cm³/mol. The summed E-state index contributed by atoms with van der Waals surface area (Å²) in [6, 6.07) is 8.41. The van der Waals surface area contributed by atoms with Gasteiger partial charge in [0.15, 0.2) is 0 Å². The van der Waals surface area contributed by atoms with E-state index < -0.39 is 0 Å². The fourth-order valence-electron chi connectivity index (χ4n) is 3.37. The number of carbonyl (C=O) groups is 1. The van der Waals surface area contributed by atoms with Gasteiger partial charge >= 0.3 is 0 Å². The van der Waals surface area contributed by atoms with Crippen molar-refractivity contribution in [3.05, 3.63) is 53.1 Å². The average molecular weight is 344 g/mol. The van der Waals surface area contributed by atoms with E-state index in [9.17, 15) is 9.18 Å². The first-order valence-electron chi connectivity index (χ1n) is 8.81. The highest BCUT2D eigenvalue weighted by atomic mass is 19.1. The van der Waals surface area contributed by atoms with Crippen LogP contribution >= 0.6 is 0 Å². The summed E-state index contributed by atoms with van der Waals surface area (Å²) in [4.78, 5) is 14.6. The first-order chi connectivity index (χ1) is 12.0. The van der Waals surface area contributed by atoms with Crippen LogP contribution in [0.5, 0.6) is 0 Å². The Kier molecular flexibility index (Phi) is 5.48. The van der Waals surface area contributed by atoms with Gasteiger partial charge in [0.2, 0.25) is 5.91 Å². The summed E-state index contributed by atoms with van der Waals surface area (Å²) in [5.41, 5.74) is 2.71. The molecule has 0 aliphatic carbocycles. The maximum atomic E-state index is 13.6. The fraction of sp³-hybridized carbons (Fsp3) is 0.474. The van der Waals surface area contributed by atoms with Crippen LogP contribution in [0.4, 0.5) is 4.39 Å². The highest BCUT2D eigenvalue weighted by Gasteiger charge is 2.28. The third kappa shape index (κ3) is 4.25. The van der Waals surface area contributed by atoms with Gasteiger partial charge in [0.1, 0.15) is 5.82 Å². The smallest absolute Gasteiger partial charge is 0.237 e. The van der Waals surface area contributed by atoms with E-state index in [-0.39, 0.29) is 24.3 Å². The number of hydrogen-bond donors (Lipinski definition) is 2. The molecule has 1 fully saturated rings. The first-order valence-corrected chi connectivity index (χ1v) is 8.81. The van der Waals surface area contributed by atoms with E-state index in [1.807, 2.05) is 13.8 Å². The summed E-state index contributed by atoms with van der Waals surface area (Å²) in [5, 5.41) is 10.2. The Morgan fingerprint density at radius 1 is 1.40 bits per heavy atom. The summed E-state index contributed by atoms with van der Waals surface area (Å²) < 4.78 is 13.6. The minimum atomic E-state index is -0.287. The number of amides is 1. The predicted octanol–water partition coefficient (Wildman–Crippen LogP) is 2.74. The summed E-state index contributed by atoms with van der Waals surface area (Å²) in [7, 11) is 0. The van der Waals surface area contributed by atoms with E-state index in [2.05, 4.69) is 26.5 Å². The number of benzene rings is 1. The number of aryl methyl sites for hydroxylation is 1. The number of H-pyrrole nitrogens is 1. The Labute approximate surface area is 147 Å². The number of rotatable bonds is 5. The van der Waals surface area contributed by atoms with Gasteiger partial charge in [-0.2, -0.15) is 5.10 Å². The molecule has 0 bridgehead atoms. The van der Waals surface area contributed by atoms with Crippen LogP contribution in [0.1, 0.15) is 42.6 Å². The molecule has 5 nitrogen and oxygen atoms in total. The molecule has 1 saturated heterocycles. The van der Waals surface area contributed by atoms with Crippen LogP contribution in [0.2, 0.25) is 0 Å². The maximum Gasteiger partial charge on any atom is 0.237 e. The average Bonchev–Trinajstić information content (AvgIpc) is 3.07. The van der Waals surface area contributed by atoms with Crippen molar-refractivity contribution in [1.29, 1.82) is 0 Å². The largest absolute Gasteiger partial charge is 0.351 e. The third-order valence-corrected chi connectivity index (χ3v) is 5.01. The normalized spacial score (nSPS) is 17.4. The number of aromatic nitrogens is 2. The second kappa shape index (κ2) is 7.78. The van der Waals surface area contributed by atoms with Crippen molar-refractivity contribution in [2.45, 2.75) is 45.2 Å². The molecular weight excluding hydrogens is 319 g/mol. The van der Waals surface area contributed by atoms with Crippen molar-refractivity contribution >= 4 is 5.91 Å². The Balaban J connectivity index is 1.49. The van der Waals surface area contributed by atoms with Gasteiger partial charge in [-0.3, -0.25) is 14.8 Å². The van der Waals surface area contributed by atoms with E-state index in [0.717, 1.165) is 37.3 Å². The van der Waals surface area contributed by atoms with Crippen molar-refractivity contribution < 1.29 is 9.18 Å². The number of nitrogens with zero attached hydrogens (tertiary/aromatic N) is 2. The van der Waals surface area contributed by atoms with E-state index in [1.54, 1.807) is 18.2 Å². The van der Waals surface area contributed by atoms with E-state index in [4.69, 9.17) is 0 Å². The molecule has 1 aromatic heterocycles. The molecule has 2 aromatic rings. The molecule has 1 atom stereocenters. The van der Waals surface area contributed by atoms with Gasteiger partial charge in [0.05, 0.1) is 11.7 Å². The Morgan fingerprint density at radius 3 is 2.76 bits per heavy atom. The van der Waals surface area contributed by atoms with Gasteiger partial charge in [-0.05, 0) is 51.9 Å². The fourth-order valence-corrected chi connectivity index (χ4v) is 3.37. The Morgan fingerprint density at radius 2 is 2.12 bits per heavy atom. The zero-order chi connectivity index (χ0) is 17.8. The van der Waals surface area contributed by atoms with Gasteiger partial charge < -0.3 is 5.32 Å². The number of hydrogen-bond acceptors (Lipinski definition) is 3. The van der Waals surface area contributed by atoms with Gasteiger partial charge in [0.25, 0.3) is 0 Å². The van der Waals surface area contributed by atoms with Gasteiger partial charge in [0, 0.05) is 23.7 Å². The topological polar surface area (TPSA) is 61.0 Å². The number of halogens is 1. The standard InChI is InChI=1S/C19H25FN4O/c1-13-11-18(23-22-13)15-7-9-24(10-8-15)14(2)19(25)21-12-16-5-3-4-6-17(16)20/h3-6,11,14-15H,7-10,12H2,1-2H3,(H,21,25)(H,22,23). The van der Waals surface area contributed by atoms with E-state index in [0.29, 0.717) is 11.5 Å². The number of carbonyl (C=O) groups excluding carboxylic acids is 1. The molecule has 134 valence electrons. The molecule has 2 heterocycles. The lowest BCUT2D eigenvalue weighted by Crippen LogP contribution is -2.47. The highest BCUT2D eigenvalue weighted by Crippen LogP contribution is 2.27. The molecule has 0 spiro atoms. The van der Waals surface area contributed by atoms with Crippen molar-refractivity contribution in [2.75, 3.05) is 13.1 Å². The van der Waals surface area contributed by atoms with Crippen molar-refractivity contribution in [3.8, 4) is 0 Å². The van der Waals surface area contributed by atoms with Crippen LogP contribution in [-0.2, 0) is 11.3 Å². The molecule has 6 heteroatoms. The highest BCUT2D eigenvalue weighted by molar-refractivity contribution is 5.81. The molecule has 1 aromatic carbocycles. The molecular formula is C19H25FN4O. The van der Waals surface area contributed by atoms with Gasteiger partial charge in [-0.1, -0.05) is 18.2 Å². The lowest BCUT2D eigenvalue weighted by molar-refractivity contribution is -0.126. The molecule has 1 unspecified atom stereocenters. The Bertz CT molecular complexity index is 722. The van der Waals surface area contributed by atoms with E-state index >= 15 is 0 Å².